The standard InChI is InChI=1S/C30H19B.2H2O/c31-24-17-15-21(16-18-24)29-25-9-3-5-11-27(25)30(28-12-6-4-10-26(28)29)23-14-13-20-7-1-2-8-22(20)19-23;;/h1-19H;2*1H2/q+2;;/p-2. The minimum Gasteiger partial charge on any atom is -0.870 e. The van der Waals surface area contributed by atoms with E-state index in [4.69, 9.17) is 7.85 Å². The Bertz CT molecular complexity index is 1530. The van der Waals surface area contributed by atoms with Gasteiger partial charge in [0.05, 0.1) is 0 Å². The molecule has 6 rings (SSSR count). The molecule has 6 aromatic rings. The Morgan fingerprint density at radius 3 is 1.36 bits per heavy atom. The first-order valence-corrected chi connectivity index (χ1v) is 10.6. The van der Waals surface area contributed by atoms with E-state index >= 15 is 0 Å². The first-order chi connectivity index (χ1) is 15.3. The molecule has 0 fully saturated rings. The molecule has 0 atom stereocenters. The third-order valence-corrected chi connectivity index (χ3v) is 6.17. The first kappa shape index (κ1) is 22.3. The molecule has 0 amide bonds. The Hall–Kier alpha value is -3.92. The van der Waals surface area contributed by atoms with Gasteiger partial charge in [-0.05, 0) is 0 Å². The summed E-state index contributed by atoms with van der Waals surface area (Å²) in [6, 6.07) is 41.0. The van der Waals surface area contributed by atoms with Crippen LogP contribution in [0.25, 0.3) is 54.6 Å². The third kappa shape index (κ3) is 3.68. The average molecular weight is 424 g/mol. The summed E-state index contributed by atoms with van der Waals surface area (Å²) in [5.74, 6) is 0. The second kappa shape index (κ2) is 8.91. The molecule has 3 heteroatoms. The van der Waals surface area contributed by atoms with Gasteiger partial charge in [0, 0.05) is 0 Å². The zero-order chi connectivity index (χ0) is 20.8. The van der Waals surface area contributed by atoms with Crippen LogP contribution >= 0.6 is 0 Å². The van der Waals surface area contributed by atoms with Crippen molar-refractivity contribution in [2.24, 2.45) is 0 Å². The van der Waals surface area contributed by atoms with E-state index in [-0.39, 0.29) is 11.0 Å². The van der Waals surface area contributed by atoms with E-state index in [1.54, 1.807) is 0 Å². The van der Waals surface area contributed by atoms with Crippen LogP contribution in [-0.4, -0.2) is 18.8 Å². The molecule has 0 aliphatic carbocycles. The van der Waals surface area contributed by atoms with Crippen molar-refractivity contribution in [2.75, 3.05) is 0 Å². The topological polar surface area (TPSA) is 60.0 Å². The van der Waals surface area contributed by atoms with Crippen LogP contribution in [-0.2, 0) is 0 Å². The van der Waals surface area contributed by atoms with Crippen LogP contribution in [0.4, 0.5) is 0 Å². The molecule has 0 aliphatic heterocycles. The minimum atomic E-state index is 0. The first-order valence-electron chi connectivity index (χ1n) is 10.6. The van der Waals surface area contributed by atoms with E-state index in [1.165, 1.54) is 54.6 Å². The Kier molecular flexibility index (Phi) is 6.02. The quantitative estimate of drug-likeness (QED) is 0.224. The van der Waals surface area contributed by atoms with Gasteiger partial charge < -0.3 is 11.0 Å². The second-order valence-corrected chi connectivity index (χ2v) is 8.03. The molecule has 33 heavy (non-hydrogen) atoms. The van der Waals surface area contributed by atoms with Crippen molar-refractivity contribution < 1.29 is 11.0 Å². The summed E-state index contributed by atoms with van der Waals surface area (Å²) in [7, 11) is 5.98. The summed E-state index contributed by atoms with van der Waals surface area (Å²) in [5.41, 5.74) is 5.76. The summed E-state index contributed by atoms with van der Waals surface area (Å²) in [6.45, 7) is 0. The molecular formula is C30H21BO2. The second-order valence-electron chi connectivity index (χ2n) is 8.03. The molecule has 2 N–H and O–H groups in total. The smallest absolute Gasteiger partial charge is 0.870 e. The Balaban J connectivity index is 0.00000130. The molecule has 0 unspecified atom stereocenters. The fourth-order valence-corrected chi connectivity index (χ4v) is 4.75. The molecule has 0 aliphatic rings. The van der Waals surface area contributed by atoms with Gasteiger partial charge >= 0.3 is 165 Å². The van der Waals surface area contributed by atoms with Crippen LogP contribution in [0.3, 0.4) is 0 Å². The molecule has 6 aromatic carbocycles. The predicted molar refractivity (Wildman–Crippen MR) is 139 cm³/mol. The van der Waals surface area contributed by atoms with Crippen LogP contribution < -0.4 is 5.46 Å². The third-order valence-electron chi connectivity index (χ3n) is 6.17. The number of fused-ring (bicyclic) bond motifs is 3. The van der Waals surface area contributed by atoms with Gasteiger partial charge in [-0.2, -0.15) is 0 Å². The van der Waals surface area contributed by atoms with Crippen molar-refractivity contribution in [2.45, 2.75) is 0 Å². The van der Waals surface area contributed by atoms with Gasteiger partial charge in [0.1, 0.15) is 0 Å². The summed E-state index contributed by atoms with van der Waals surface area (Å²) in [5, 5.41) is 7.57. The number of hydrogen-bond donors (Lipinski definition) is 0. The summed E-state index contributed by atoms with van der Waals surface area (Å²) >= 11 is 0. The van der Waals surface area contributed by atoms with Crippen molar-refractivity contribution in [3.05, 3.63) is 115 Å². The fraction of sp³-hybridized carbons (Fsp3) is 0. The van der Waals surface area contributed by atoms with E-state index in [0.29, 0.717) is 0 Å². The number of benzene rings is 6. The minimum absolute atomic E-state index is 0. The molecule has 156 valence electrons. The monoisotopic (exact) mass is 424 g/mol. The maximum atomic E-state index is 5.98. The molecule has 0 bridgehead atoms. The molecule has 0 saturated carbocycles. The maximum absolute atomic E-state index is 5.98. The van der Waals surface area contributed by atoms with Crippen molar-refractivity contribution in [3.8, 4) is 22.3 Å². The van der Waals surface area contributed by atoms with E-state index in [0.717, 1.165) is 5.46 Å². The van der Waals surface area contributed by atoms with Gasteiger partial charge in [0.2, 0.25) is 0 Å². The van der Waals surface area contributed by atoms with Gasteiger partial charge in [-0.1, -0.05) is 18.2 Å². The van der Waals surface area contributed by atoms with Crippen molar-refractivity contribution >= 4 is 45.6 Å². The molecule has 0 heterocycles. The molecule has 0 saturated heterocycles. The summed E-state index contributed by atoms with van der Waals surface area (Å²) in [4.78, 5) is 0. The maximum Gasteiger partial charge on any atom is -0.870 e. The van der Waals surface area contributed by atoms with E-state index in [1.807, 2.05) is 12.1 Å². The van der Waals surface area contributed by atoms with Crippen LogP contribution in [0, 0.1) is 0 Å². The van der Waals surface area contributed by atoms with Gasteiger partial charge in [-0.15, -0.1) is 0 Å². The van der Waals surface area contributed by atoms with Crippen LogP contribution in [0.5, 0.6) is 0 Å². The van der Waals surface area contributed by atoms with Gasteiger partial charge in [-0.25, -0.2) is 0 Å². The summed E-state index contributed by atoms with van der Waals surface area (Å²) in [6.07, 6.45) is 0. The Morgan fingerprint density at radius 1 is 0.394 bits per heavy atom. The average Bonchev–Trinajstić information content (AvgIpc) is 2.83. The Morgan fingerprint density at radius 2 is 0.818 bits per heavy atom. The van der Waals surface area contributed by atoms with Crippen LogP contribution in [0.2, 0.25) is 0 Å². The van der Waals surface area contributed by atoms with Crippen molar-refractivity contribution in [1.29, 1.82) is 0 Å². The summed E-state index contributed by atoms with van der Waals surface area (Å²) < 4.78 is 0. The van der Waals surface area contributed by atoms with Crippen LogP contribution in [0.1, 0.15) is 0 Å². The zero-order valence-corrected chi connectivity index (χ0v) is 17.9. The molecular weight excluding hydrogens is 403 g/mol. The molecule has 0 aromatic heterocycles. The Labute approximate surface area is 194 Å². The zero-order valence-electron chi connectivity index (χ0n) is 17.9. The SMILES string of the molecule is [B+2]c1ccc(-c2c3ccccc3c(-c3ccc4ccccc4c3)c3ccccc23)cc1.[OH-].[OH-]. The number of hydrogen-bond acceptors (Lipinski definition) is 2. The largest absolute Gasteiger partial charge is 0.870 e. The van der Waals surface area contributed by atoms with Crippen LogP contribution in [0.15, 0.2) is 115 Å². The van der Waals surface area contributed by atoms with E-state index in [9.17, 15) is 0 Å². The fourth-order valence-electron chi connectivity index (χ4n) is 4.75. The van der Waals surface area contributed by atoms with Gasteiger partial charge in [-0.3, -0.25) is 0 Å². The van der Waals surface area contributed by atoms with Crippen molar-refractivity contribution in [3.63, 3.8) is 0 Å². The van der Waals surface area contributed by atoms with Gasteiger partial charge in [0.25, 0.3) is 0 Å². The van der Waals surface area contributed by atoms with E-state index in [2.05, 4.69) is 103 Å². The van der Waals surface area contributed by atoms with Gasteiger partial charge in [0.15, 0.2) is 0 Å². The molecule has 2 nitrogen and oxygen atoms in total. The molecule has 0 radical (unpaired) electrons. The molecule has 0 spiro atoms. The number of rotatable bonds is 2. The van der Waals surface area contributed by atoms with E-state index < -0.39 is 0 Å². The normalized spacial score (nSPS) is 10.7. The van der Waals surface area contributed by atoms with Crippen molar-refractivity contribution in [1.82, 2.24) is 0 Å². The predicted octanol–water partition coefficient (Wildman–Crippen LogP) is 6.92.